The molecule has 0 saturated heterocycles. The first-order chi connectivity index (χ1) is 19.5. The Bertz CT molecular complexity index is 1000. The van der Waals surface area contributed by atoms with Crippen LogP contribution in [0.1, 0.15) is 130 Å². The third-order valence-electron chi connectivity index (χ3n) is 6.82. The number of unbranched alkanes of at least 4 members (excludes halogenated alkanes) is 14. The molecule has 0 atom stereocenters. The van der Waals surface area contributed by atoms with E-state index in [1.165, 1.54) is 114 Å². The van der Waals surface area contributed by atoms with Crippen molar-refractivity contribution < 1.29 is 33.6 Å². The molecule has 0 aromatic heterocycles. The highest BCUT2D eigenvalue weighted by Gasteiger charge is 2.21. The molecule has 2 rings (SSSR count). The van der Waals surface area contributed by atoms with Crippen LogP contribution in [-0.4, -0.2) is 25.0 Å². The second-order valence-electron chi connectivity index (χ2n) is 10.1. The number of hydrogen-bond donors (Lipinski definition) is 0. The fourth-order valence-electron chi connectivity index (χ4n) is 4.44. The standard InChI is InChI=1S/C33H46O7/c1-3-4-5-6-7-8-9-10-11-12-13-14-15-16-20-23-31(34)38-30-26-28(37-2)24-25-29(30)33(36)40-39-32(35)27-21-18-17-19-22-27/h17-19,21-22,24-26H,3-16,20,23H2,1-2H3. The van der Waals surface area contributed by atoms with E-state index in [9.17, 15) is 14.4 Å². The lowest BCUT2D eigenvalue weighted by Crippen LogP contribution is -2.15. The number of hydrogen-bond acceptors (Lipinski definition) is 7. The third-order valence-corrected chi connectivity index (χ3v) is 6.82. The third kappa shape index (κ3) is 13.6. The molecule has 220 valence electrons. The Morgan fingerprint density at radius 3 is 1.70 bits per heavy atom. The van der Waals surface area contributed by atoms with Gasteiger partial charge >= 0.3 is 17.9 Å². The highest BCUT2D eigenvalue weighted by molar-refractivity contribution is 5.95. The van der Waals surface area contributed by atoms with Crippen LogP contribution in [0.2, 0.25) is 0 Å². The van der Waals surface area contributed by atoms with E-state index >= 15 is 0 Å². The van der Waals surface area contributed by atoms with Crippen LogP contribution in [0.3, 0.4) is 0 Å². The monoisotopic (exact) mass is 554 g/mol. The first-order valence-electron chi connectivity index (χ1n) is 14.9. The normalized spacial score (nSPS) is 10.7. The van der Waals surface area contributed by atoms with E-state index in [1.807, 2.05) is 0 Å². The molecule has 7 nitrogen and oxygen atoms in total. The first kappa shape index (κ1) is 32.9. The van der Waals surface area contributed by atoms with Gasteiger partial charge in [-0.1, -0.05) is 115 Å². The zero-order valence-corrected chi connectivity index (χ0v) is 24.3. The number of ether oxygens (including phenoxy) is 2. The lowest BCUT2D eigenvalue weighted by molar-refractivity contribution is -0.187. The lowest BCUT2D eigenvalue weighted by Gasteiger charge is -2.11. The summed E-state index contributed by atoms with van der Waals surface area (Å²) in [4.78, 5) is 46.5. The molecule has 0 aliphatic carbocycles. The quantitative estimate of drug-likeness (QED) is 0.0531. The molecule has 0 fully saturated rings. The molecule has 0 unspecified atom stereocenters. The number of carbonyl (C=O) groups excluding carboxylic acids is 3. The fraction of sp³-hybridized carbons (Fsp3) is 0.545. The maximum absolute atomic E-state index is 12.6. The van der Waals surface area contributed by atoms with Crippen molar-refractivity contribution in [2.75, 3.05) is 7.11 Å². The molecule has 2 aromatic rings. The van der Waals surface area contributed by atoms with Gasteiger partial charge in [0.1, 0.15) is 17.1 Å². The number of esters is 1. The summed E-state index contributed by atoms with van der Waals surface area (Å²) in [6, 6.07) is 12.5. The van der Waals surface area contributed by atoms with E-state index in [4.69, 9.17) is 14.4 Å². The van der Waals surface area contributed by atoms with Gasteiger partial charge < -0.3 is 9.47 Å². The molecule has 40 heavy (non-hydrogen) atoms. The van der Waals surface area contributed by atoms with Crippen molar-refractivity contribution in [3.63, 3.8) is 0 Å². The largest absolute Gasteiger partial charge is 0.497 e. The summed E-state index contributed by atoms with van der Waals surface area (Å²) < 4.78 is 10.6. The predicted molar refractivity (Wildman–Crippen MR) is 155 cm³/mol. The number of rotatable bonds is 20. The van der Waals surface area contributed by atoms with Gasteiger partial charge in [0, 0.05) is 12.5 Å². The summed E-state index contributed by atoms with van der Waals surface area (Å²) in [7, 11) is 1.47. The molecule has 0 radical (unpaired) electrons. The molecule has 2 aromatic carbocycles. The molecule has 0 N–H and O–H groups in total. The van der Waals surface area contributed by atoms with Crippen LogP contribution in [0, 0.1) is 0 Å². The average molecular weight is 555 g/mol. The Kier molecular flexibility index (Phi) is 16.9. The van der Waals surface area contributed by atoms with Crippen LogP contribution >= 0.6 is 0 Å². The van der Waals surface area contributed by atoms with Crippen molar-refractivity contribution >= 4 is 17.9 Å². The minimum atomic E-state index is -0.957. The molecule has 7 heteroatoms. The molecule has 0 bridgehead atoms. The zero-order chi connectivity index (χ0) is 28.8. The highest BCUT2D eigenvalue weighted by Crippen LogP contribution is 2.26. The fourth-order valence-corrected chi connectivity index (χ4v) is 4.44. The molecular weight excluding hydrogens is 508 g/mol. The van der Waals surface area contributed by atoms with Crippen LogP contribution in [0.4, 0.5) is 0 Å². The van der Waals surface area contributed by atoms with Crippen LogP contribution in [-0.2, 0) is 14.6 Å². The van der Waals surface area contributed by atoms with Crippen LogP contribution < -0.4 is 9.47 Å². The molecule has 0 saturated carbocycles. The van der Waals surface area contributed by atoms with Gasteiger partial charge in [0.15, 0.2) is 0 Å². The van der Waals surface area contributed by atoms with Gasteiger partial charge in [0.05, 0.1) is 12.7 Å². The Morgan fingerprint density at radius 2 is 1.15 bits per heavy atom. The van der Waals surface area contributed by atoms with Gasteiger partial charge in [-0.15, -0.1) is 0 Å². The Hall–Kier alpha value is -3.35. The van der Waals surface area contributed by atoms with E-state index in [2.05, 4.69) is 11.8 Å². The number of carbonyl (C=O) groups is 3. The second-order valence-corrected chi connectivity index (χ2v) is 10.1. The van der Waals surface area contributed by atoms with E-state index in [1.54, 1.807) is 18.2 Å². The van der Waals surface area contributed by atoms with Crippen molar-refractivity contribution in [3.8, 4) is 11.5 Å². The Morgan fingerprint density at radius 1 is 0.625 bits per heavy atom. The second kappa shape index (κ2) is 20.5. The summed E-state index contributed by atoms with van der Waals surface area (Å²) in [6.07, 6.45) is 19.0. The molecular formula is C33H46O7. The molecule has 0 heterocycles. The van der Waals surface area contributed by atoms with E-state index in [0.717, 1.165) is 19.3 Å². The molecule has 0 spiro atoms. The predicted octanol–water partition coefficient (Wildman–Crippen LogP) is 8.79. The Labute approximate surface area is 239 Å². The van der Waals surface area contributed by atoms with Crippen LogP contribution in [0.25, 0.3) is 0 Å². The van der Waals surface area contributed by atoms with Crippen molar-refractivity contribution in [1.29, 1.82) is 0 Å². The van der Waals surface area contributed by atoms with Gasteiger partial charge in [-0.25, -0.2) is 19.4 Å². The first-order valence-corrected chi connectivity index (χ1v) is 14.9. The number of benzene rings is 2. The van der Waals surface area contributed by atoms with Gasteiger partial charge in [0.2, 0.25) is 0 Å². The summed E-state index contributed by atoms with van der Waals surface area (Å²) >= 11 is 0. The van der Waals surface area contributed by atoms with E-state index in [0.29, 0.717) is 5.75 Å². The van der Waals surface area contributed by atoms with Gasteiger partial charge in [-0.2, -0.15) is 0 Å². The molecule has 0 amide bonds. The summed E-state index contributed by atoms with van der Waals surface area (Å²) in [5, 5.41) is 0. The average Bonchev–Trinajstić information content (AvgIpc) is 2.98. The maximum Gasteiger partial charge on any atom is 0.390 e. The topological polar surface area (TPSA) is 88.1 Å². The van der Waals surface area contributed by atoms with Crippen LogP contribution in [0.5, 0.6) is 11.5 Å². The number of methoxy groups -OCH3 is 1. The molecule has 0 aliphatic rings. The van der Waals surface area contributed by atoms with Gasteiger partial charge in [-0.05, 0) is 30.7 Å². The van der Waals surface area contributed by atoms with Crippen molar-refractivity contribution in [2.45, 2.75) is 110 Å². The highest BCUT2D eigenvalue weighted by atomic mass is 17.2. The Balaban J connectivity index is 1.63. The van der Waals surface area contributed by atoms with E-state index < -0.39 is 17.9 Å². The minimum Gasteiger partial charge on any atom is -0.497 e. The van der Waals surface area contributed by atoms with E-state index in [-0.39, 0.29) is 23.3 Å². The summed E-state index contributed by atoms with van der Waals surface area (Å²) in [5.41, 5.74) is 0.187. The molecule has 0 aliphatic heterocycles. The zero-order valence-electron chi connectivity index (χ0n) is 24.3. The lowest BCUT2D eigenvalue weighted by atomic mass is 10.0. The minimum absolute atomic E-state index is 0.00827. The SMILES string of the molecule is CCCCCCCCCCCCCCCCCC(=O)Oc1cc(OC)ccc1C(=O)OOC(=O)c1ccccc1. The van der Waals surface area contributed by atoms with Crippen molar-refractivity contribution in [3.05, 3.63) is 59.7 Å². The maximum atomic E-state index is 12.6. The van der Waals surface area contributed by atoms with Gasteiger partial charge in [-0.3, -0.25) is 4.79 Å². The smallest absolute Gasteiger partial charge is 0.390 e. The van der Waals surface area contributed by atoms with Crippen LogP contribution in [0.15, 0.2) is 48.5 Å². The van der Waals surface area contributed by atoms with Crippen molar-refractivity contribution in [1.82, 2.24) is 0 Å². The van der Waals surface area contributed by atoms with Crippen molar-refractivity contribution in [2.24, 2.45) is 0 Å². The summed E-state index contributed by atoms with van der Waals surface area (Å²) in [6.45, 7) is 2.26. The van der Waals surface area contributed by atoms with Gasteiger partial charge in [0.25, 0.3) is 0 Å². The summed E-state index contributed by atoms with van der Waals surface area (Å²) in [5.74, 6) is -1.81.